The first kappa shape index (κ1) is 16.3. The Balaban J connectivity index is 2.01. The van der Waals surface area contributed by atoms with Crippen LogP contribution in [-0.4, -0.2) is 22.4 Å². The standard InChI is InChI=1S/C15H24F3N3/c1-2-8-19-14(12-6-4-3-5-7-12)11-21-10-13(9-20-21)15(16,17)18/h9-10,12,14,19H,2-8,11H2,1H3. The summed E-state index contributed by atoms with van der Waals surface area (Å²) in [4.78, 5) is 0. The number of aromatic nitrogens is 2. The molecular formula is C15H24F3N3. The molecule has 1 fully saturated rings. The van der Waals surface area contributed by atoms with E-state index in [2.05, 4.69) is 17.3 Å². The van der Waals surface area contributed by atoms with Gasteiger partial charge in [0.15, 0.2) is 0 Å². The van der Waals surface area contributed by atoms with Crippen LogP contribution >= 0.6 is 0 Å². The van der Waals surface area contributed by atoms with Crippen LogP contribution in [0.4, 0.5) is 13.2 Å². The predicted octanol–water partition coefficient (Wildman–Crippen LogP) is 3.85. The summed E-state index contributed by atoms with van der Waals surface area (Å²) in [6.45, 7) is 3.51. The topological polar surface area (TPSA) is 29.9 Å². The molecule has 1 aromatic heterocycles. The highest BCUT2D eigenvalue weighted by atomic mass is 19.4. The molecule has 6 heteroatoms. The van der Waals surface area contributed by atoms with E-state index >= 15 is 0 Å². The van der Waals surface area contributed by atoms with Crippen molar-refractivity contribution in [2.75, 3.05) is 6.54 Å². The van der Waals surface area contributed by atoms with Gasteiger partial charge < -0.3 is 5.32 Å². The fraction of sp³-hybridized carbons (Fsp3) is 0.800. The number of rotatable bonds is 6. The Morgan fingerprint density at radius 3 is 2.62 bits per heavy atom. The minimum Gasteiger partial charge on any atom is -0.312 e. The number of hydrogen-bond acceptors (Lipinski definition) is 2. The van der Waals surface area contributed by atoms with Crippen molar-refractivity contribution < 1.29 is 13.2 Å². The van der Waals surface area contributed by atoms with Crippen LogP contribution in [0.2, 0.25) is 0 Å². The normalized spacial score (nSPS) is 18.9. The largest absolute Gasteiger partial charge is 0.419 e. The number of hydrogen-bond donors (Lipinski definition) is 1. The van der Waals surface area contributed by atoms with E-state index < -0.39 is 11.7 Å². The number of nitrogens with zero attached hydrogens (tertiary/aromatic N) is 2. The van der Waals surface area contributed by atoms with Gasteiger partial charge in [-0.1, -0.05) is 26.2 Å². The lowest BCUT2D eigenvalue weighted by molar-refractivity contribution is -0.137. The van der Waals surface area contributed by atoms with Crippen LogP contribution in [0, 0.1) is 5.92 Å². The zero-order chi connectivity index (χ0) is 15.3. The molecule has 0 radical (unpaired) electrons. The Morgan fingerprint density at radius 1 is 1.33 bits per heavy atom. The smallest absolute Gasteiger partial charge is 0.312 e. The van der Waals surface area contributed by atoms with E-state index in [4.69, 9.17) is 0 Å². The lowest BCUT2D eigenvalue weighted by Crippen LogP contribution is -2.41. The molecule has 1 heterocycles. The van der Waals surface area contributed by atoms with E-state index in [0.717, 1.165) is 38.2 Å². The molecule has 0 aliphatic heterocycles. The molecule has 1 unspecified atom stereocenters. The molecule has 1 saturated carbocycles. The molecule has 21 heavy (non-hydrogen) atoms. The van der Waals surface area contributed by atoms with Gasteiger partial charge in [0, 0.05) is 12.2 Å². The minimum atomic E-state index is -4.31. The molecule has 120 valence electrons. The van der Waals surface area contributed by atoms with Crippen LogP contribution in [0.15, 0.2) is 12.4 Å². The molecule has 3 nitrogen and oxygen atoms in total. The van der Waals surface area contributed by atoms with Crippen molar-refractivity contribution in [3.8, 4) is 0 Å². The molecular weight excluding hydrogens is 279 g/mol. The first-order valence-corrected chi connectivity index (χ1v) is 7.83. The second-order valence-electron chi connectivity index (χ2n) is 5.91. The van der Waals surface area contributed by atoms with Crippen LogP contribution in [-0.2, 0) is 12.7 Å². The highest BCUT2D eigenvalue weighted by molar-refractivity contribution is 5.08. The summed E-state index contributed by atoms with van der Waals surface area (Å²) in [6.07, 6.45) is 4.79. The molecule has 0 amide bonds. The lowest BCUT2D eigenvalue weighted by Gasteiger charge is -2.31. The summed E-state index contributed by atoms with van der Waals surface area (Å²) >= 11 is 0. The van der Waals surface area contributed by atoms with Crippen LogP contribution in [0.3, 0.4) is 0 Å². The van der Waals surface area contributed by atoms with E-state index in [1.807, 2.05) is 0 Å². The molecule has 1 N–H and O–H groups in total. The summed E-state index contributed by atoms with van der Waals surface area (Å²) in [5.74, 6) is 0.545. The van der Waals surface area contributed by atoms with E-state index in [1.54, 1.807) is 0 Å². The van der Waals surface area contributed by atoms with Crippen molar-refractivity contribution >= 4 is 0 Å². The number of halogens is 3. The fourth-order valence-electron chi connectivity index (χ4n) is 3.06. The molecule has 0 spiro atoms. The third kappa shape index (κ3) is 4.73. The maximum atomic E-state index is 12.6. The van der Waals surface area contributed by atoms with Crippen molar-refractivity contribution in [2.24, 2.45) is 5.92 Å². The second-order valence-corrected chi connectivity index (χ2v) is 5.91. The first-order chi connectivity index (χ1) is 10.0. The maximum absolute atomic E-state index is 12.6. The molecule has 0 aromatic carbocycles. The molecule has 1 aromatic rings. The van der Waals surface area contributed by atoms with Gasteiger partial charge in [-0.15, -0.1) is 0 Å². The molecule has 1 aliphatic carbocycles. The summed E-state index contributed by atoms with van der Waals surface area (Å²) in [7, 11) is 0. The Bertz CT molecular complexity index is 422. The van der Waals surface area contributed by atoms with E-state index in [-0.39, 0.29) is 6.04 Å². The SMILES string of the molecule is CCCNC(Cn1cc(C(F)(F)F)cn1)C1CCCCC1. The molecule has 0 bridgehead atoms. The monoisotopic (exact) mass is 303 g/mol. The first-order valence-electron chi connectivity index (χ1n) is 7.83. The third-order valence-corrected chi connectivity index (χ3v) is 4.22. The van der Waals surface area contributed by atoms with Crippen molar-refractivity contribution in [3.63, 3.8) is 0 Å². The average Bonchev–Trinajstić information content (AvgIpc) is 2.93. The van der Waals surface area contributed by atoms with Gasteiger partial charge in [0.2, 0.25) is 0 Å². The van der Waals surface area contributed by atoms with Gasteiger partial charge in [0.05, 0.1) is 18.3 Å². The highest BCUT2D eigenvalue weighted by Crippen LogP contribution is 2.30. The van der Waals surface area contributed by atoms with E-state index in [9.17, 15) is 13.2 Å². The fourth-order valence-corrected chi connectivity index (χ4v) is 3.06. The van der Waals surface area contributed by atoms with Gasteiger partial charge in [0.1, 0.15) is 0 Å². The van der Waals surface area contributed by atoms with Crippen LogP contribution < -0.4 is 5.32 Å². The lowest BCUT2D eigenvalue weighted by atomic mass is 9.84. The van der Waals surface area contributed by atoms with Crippen molar-refractivity contribution in [3.05, 3.63) is 18.0 Å². The maximum Gasteiger partial charge on any atom is 0.419 e. The Kier molecular flexibility index (Phi) is 5.67. The summed E-state index contributed by atoms with van der Waals surface area (Å²) in [5.41, 5.74) is -0.666. The molecule has 1 aliphatic rings. The highest BCUT2D eigenvalue weighted by Gasteiger charge is 2.32. The molecule has 2 rings (SSSR count). The van der Waals surface area contributed by atoms with E-state index in [1.165, 1.54) is 23.9 Å². The van der Waals surface area contributed by atoms with Crippen molar-refractivity contribution in [2.45, 2.75) is 64.2 Å². The van der Waals surface area contributed by atoms with Gasteiger partial charge in [0.25, 0.3) is 0 Å². The number of nitrogens with one attached hydrogen (secondary N) is 1. The Hall–Kier alpha value is -1.04. The van der Waals surface area contributed by atoms with E-state index in [0.29, 0.717) is 12.5 Å². The zero-order valence-electron chi connectivity index (χ0n) is 12.5. The van der Waals surface area contributed by atoms with Gasteiger partial charge >= 0.3 is 6.18 Å². The van der Waals surface area contributed by atoms with Gasteiger partial charge in [-0.3, -0.25) is 4.68 Å². The van der Waals surface area contributed by atoms with Crippen LogP contribution in [0.25, 0.3) is 0 Å². The quantitative estimate of drug-likeness (QED) is 0.865. The number of alkyl halides is 3. The van der Waals surface area contributed by atoms with Crippen molar-refractivity contribution in [1.82, 2.24) is 15.1 Å². The van der Waals surface area contributed by atoms with Crippen LogP contribution in [0.5, 0.6) is 0 Å². The average molecular weight is 303 g/mol. The Labute approximate surface area is 123 Å². The summed E-state index contributed by atoms with van der Waals surface area (Å²) < 4.78 is 39.3. The summed E-state index contributed by atoms with van der Waals surface area (Å²) in [6, 6.07) is 0.214. The third-order valence-electron chi connectivity index (χ3n) is 4.22. The summed E-state index contributed by atoms with van der Waals surface area (Å²) in [5, 5.41) is 7.38. The minimum absolute atomic E-state index is 0.214. The molecule has 1 atom stereocenters. The zero-order valence-corrected chi connectivity index (χ0v) is 12.5. The predicted molar refractivity (Wildman–Crippen MR) is 75.9 cm³/mol. The second kappa shape index (κ2) is 7.29. The van der Waals surface area contributed by atoms with Gasteiger partial charge in [-0.05, 0) is 31.7 Å². The molecule has 0 saturated heterocycles. The van der Waals surface area contributed by atoms with Crippen molar-refractivity contribution in [1.29, 1.82) is 0 Å². The Morgan fingerprint density at radius 2 is 2.05 bits per heavy atom. The van der Waals surface area contributed by atoms with Gasteiger partial charge in [-0.25, -0.2) is 0 Å². The van der Waals surface area contributed by atoms with Crippen LogP contribution in [0.1, 0.15) is 51.0 Å². The van der Waals surface area contributed by atoms with Gasteiger partial charge in [-0.2, -0.15) is 18.3 Å².